The minimum absolute atomic E-state index is 0.0434. The Labute approximate surface area is 151 Å². The zero-order chi connectivity index (χ0) is 18.9. The molecular weight excluding hydrogens is 336 g/mol. The average molecular weight is 359 g/mol. The maximum Gasteiger partial charge on any atom is 0.282 e. The molecule has 26 heavy (non-hydrogen) atoms. The lowest BCUT2D eigenvalue weighted by atomic mass is 9.73. The third-order valence-electron chi connectivity index (χ3n) is 6.52. The van der Waals surface area contributed by atoms with E-state index in [0.717, 1.165) is 24.0 Å². The smallest absolute Gasteiger partial charge is 0.282 e. The van der Waals surface area contributed by atoms with Crippen molar-refractivity contribution in [2.75, 3.05) is 0 Å². The molecule has 1 saturated carbocycles. The summed E-state index contributed by atoms with van der Waals surface area (Å²) in [7, 11) is 1.55. The molecule has 1 aromatic carbocycles. The quantitative estimate of drug-likeness (QED) is 0.892. The number of fused-ring (bicyclic) bond motifs is 5. The first-order valence-corrected chi connectivity index (χ1v) is 8.93. The SMILES string of the molecule is Cc1cccc2c1C1(NC(=O)c3cn(C)nc3C(F)F)CCC2C1(C)C. The van der Waals surface area contributed by atoms with Crippen molar-refractivity contribution in [2.24, 2.45) is 12.5 Å². The van der Waals surface area contributed by atoms with E-state index in [4.69, 9.17) is 0 Å². The van der Waals surface area contributed by atoms with Gasteiger partial charge in [-0.1, -0.05) is 32.0 Å². The van der Waals surface area contributed by atoms with Gasteiger partial charge in [0.2, 0.25) is 0 Å². The van der Waals surface area contributed by atoms with Crippen molar-refractivity contribution in [1.82, 2.24) is 15.1 Å². The second kappa shape index (κ2) is 5.38. The number of hydrogen-bond donors (Lipinski definition) is 1. The van der Waals surface area contributed by atoms with Gasteiger partial charge in [0.25, 0.3) is 12.3 Å². The standard InChI is InChI=1S/C20H23F2N3O/c1-11-6-5-7-12-14-8-9-20(15(11)12,19(14,2)3)23-18(26)13-10-25(4)24-16(13)17(21)22/h5-7,10,14,17H,8-9H2,1-4H3,(H,23,26). The van der Waals surface area contributed by atoms with Gasteiger partial charge in [0, 0.05) is 13.2 Å². The molecule has 2 aliphatic rings. The van der Waals surface area contributed by atoms with Crippen LogP contribution < -0.4 is 5.32 Å². The Balaban J connectivity index is 1.80. The zero-order valence-corrected chi connectivity index (χ0v) is 15.4. The van der Waals surface area contributed by atoms with Crippen molar-refractivity contribution < 1.29 is 13.6 Å². The fourth-order valence-corrected chi connectivity index (χ4v) is 5.29. The van der Waals surface area contributed by atoms with Gasteiger partial charge in [-0.05, 0) is 47.8 Å². The van der Waals surface area contributed by atoms with E-state index in [2.05, 4.69) is 49.4 Å². The van der Waals surface area contributed by atoms with Crippen LogP contribution in [0.15, 0.2) is 24.4 Å². The van der Waals surface area contributed by atoms with Gasteiger partial charge in [-0.2, -0.15) is 5.10 Å². The van der Waals surface area contributed by atoms with Crippen LogP contribution in [0.5, 0.6) is 0 Å². The maximum atomic E-state index is 13.3. The number of rotatable bonds is 3. The number of halogens is 2. The van der Waals surface area contributed by atoms with Crippen LogP contribution in [0.25, 0.3) is 0 Å². The molecule has 138 valence electrons. The largest absolute Gasteiger partial charge is 0.342 e. The lowest BCUT2D eigenvalue weighted by Gasteiger charge is -2.40. The third-order valence-corrected chi connectivity index (χ3v) is 6.52. The van der Waals surface area contributed by atoms with Crippen LogP contribution in [0.2, 0.25) is 0 Å². The van der Waals surface area contributed by atoms with Crippen LogP contribution in [0.4, 0.5) is 8.78 Å². The van der Waals surface area contributed by atoms with Gasteiger partial charge in [0.1, 0.15) is 5.69 Å². The third kappa shape index (κ3) is 2.04. The van der Waals surface area contributed by atoms with E-state index >= 15 is 0 Å². The van der Waals surface area contributed by atoms with Crippen molar-refractivity contribution in [3.63, 3.8) is 0 Å². The molecule has 1 N–H and O–H groups in total. The van der Waals surface area contributed by atoms with E-state index in [-0.39, 0.29) is 11.0 Å². The monoisotopic (exact) mass is 359 g/mol. The normalized spacial score (nSPS) is 25.6. The molecule has 2 unspecified atom stereocenters. The minimum Gasteiger partial charge on any atom is -0.342 e. The first kappa shape index (κ1) is 17.2. The Kier molecular flexibility index (Phi) is 3.56. The number of carbonyl (C=O) groups excluding carboxylic acids is 1. The topological polar surface area (TPSA) is 46.9 Å². The summed E-state index contributed by atoms with van der Waals surface area (Å²) in [5, 5.41) is 6.94. The predicted molar refractivity (Wildman–Crippen MR) is 94.2 cm³/mol. The van der Waals surface area contributed by atoms with Gasteiger partial charge in [0.15, 0.2) is 0 Å². The molecule has 4 rings (SSSR count). The Bertz CT molecular complexity index is 902. The van der Waals surface area contributed by atoms with E-state index in [1.807, 2.05) is 0 Å². The lowest BCUT2D eigenvalue weighted by Crippen LogP contribution is -2.51. The van der Waals surface area contributed by atoms with Crippen molar-refractivity contribution in [3.05, 3.63) is 52.3 Å². The summed E-state index contributed by atoms with van der Waals surface area (Å²) in [5.41, 5.74) is 2.36. The summed E-state index contributed by atoms with van der Waals surface area (Å²) >= 11 is 0. The number of aryl methyl sites for hydroxylation is 2. The maximum absolute atomic E-state index is 13.3. The van der Waals surface area contributed by atoms with Crippen LogP contribution in [-0.4, -0.2) is 15.7 Å². The number of carbonyl (C=O) groups is 1. The molecule has 1 heterocycles. The Morgan fingerprint density at radius 3 is 2.81 bits per heavy atom. The van der Waals surface area contributed by atoms with Gasteiger partial charge in [-0.25, -0.2) is 8.78 Å². The number of nitrogens with one attached hydrogen (secondary N) is 1. The van der Waals surface area contributed by atoms with Crippen molar-refractivity contribution in [1.29, 1.82) is 0 Å². The molecule has 1 aromatic heterocycles. The van der Waals surface area contributed by atoms with Crippen molar-refractivity contribution in [2.45, 2.75) is 51.5 Å². The van der Waals surface area contributed by atoms with Crippen molar-refractivity contribution >= 4 is 5.91 Å². The zero-order valence-electron chi connectivity index (χ0n) is 15.4. The van der Waals surface area contributed by atoms with E-state index in [0.29, 0.717) is 5.92 Å². The lowest BCUT2D eigenvalue weighted by molar-refractivity contribution is 0.0796. The van der Waals surface area contributed by atoms with Crippen LogP contribution in [0.1, 0.15) is 71.8 Å². The number of nitrogens with zero attached hydrogens (tertiary/aromatic N) is 2. The molecule has 0 radical (unpaired) electrons. The molecule has 0 aliphatic heterocycles. The number of hydrogen-bond acceptors (Lipinski definition) is 2. The number of benzene rings is 1. The summed E-state index contributed by atoms with van der Waals surface area (Å²) < 4.78 is 27.9. The van der Waals surface area contributed by atoms with E-state index in [1.54, 1.807) is 7.05 Å². The second-order valence-corrected chi connectivity index (χ2v) is 8.11. The highest BCUT2D eigenvalue weighted by Gasteiger charge is 2.63. The highest BCUT2D eigenvalue weighted by atomic mass is 19.3. The molecule has 0 spiro atoms. The molecule has 1 amide bonds. The first-order chi connectivity index (χ1) is 12.2. The summed E-state index contributed by atoms with van der Waals surface area (Å²) in [6, 6.07) is 6.24. The Hall–Kier alpha value is -2.24. The van der Waals surface area contributed by atoms with Gasteiger partial charge in [-0.3, -0.25) is 9.48 Å². The summed E-state index contributed by atoms with van der Waals surface area (Å²) in [4.78, 5) is 13.0. The molecule has 2 aliphatic carbocycles. The van der Waals surface area contributed by atoms with Gasteiger partial charge in [-0.15, -0.1) is 0 Å². The second-order valence-electron chi connectivity index (χ2n) is 8.11. The fourth-order valence-electron chi connectivity index (χ4n) is 5.29. The molecule has 2 aromatic rings. The van der Waals surface area contributed by atoms with Gasteiger partial charge < -0.3 is 5.32 Å². The Morgan fingerprint density at radius 1 is 1.38 bits per heavy atom. The van der Waals surface area contributed by atoms with E-state index < -0.39 is 23.6 Å². The summed E-state index contributed by atoms with van der Waals surface area (Å²) in [6.45, 7) is 6.39. The fraction of sp³-hybridized carbons (Fsp3) is 0.500. The number of aromatic nitrogens is 2. The van der Waals surface area contributed by atoms with Crippen molar-refractivity contribution in [3.8, 4) is 0 Å². The molecule has 6 heteroatoms. The molecule has 2 bridgehead atoms. The van der Waals surface area contributed by atoms with Crippen LogP contribution in [0.3, 0.4) is 0 Å². The predicted octanol–water partition coefficient (Wildman–Crippen LogP) is 4.21. The van der Waals surface area contributed by atoms with Gasteiger partial charge in [0.05, 0.1) is 11.1 Å². The van der Waals surface area contributed by atoms with Crippen LogP contribution >= 0.6 is 0 Å². The summed E-state index contributed by atoms with van der Waals surface area (Å²) in [6.07, 6.45) is 0.397. The minimum atomic E-state index is -2.78. The number of alkyl halides is 2. The molecular formula is C20H23F2N3O. The molecule has 4 nitrogen and oxygen atoms in total. The van der Waals surface area contributed by atoms with Crippen LogP contribution in [0, 0.1) is 12.3 Å². The highest BCUT2D eigenvalue weighted by molar-refractivity contribution is 5.96. The van der Waals surface area contributed by atoms with Crippen LogP contribution in [-0.2, 0) is 12.6 Å². The van der Waals surface area contributed by atoms with Gasteiger partial charge >= 0.3 is 0 Å². The molecule has 1 fully saturated rings. The van der Waals surface area contributed by atoms with E-state index in [9.17, 15) is 13.6 Å². The highest BCUT2D eigenvalue weighted by Crippen LogP contribution is 2.67. The Morgan fingerprint density at radius 2 is 2.12 bits per heavy atom. The summed E-state index contributed by atoms with van der Waals surface area (Å²) in [5.74, 6) is -0.112. The average Bonchev–Trinajstić information content (AvgIpc) is 3.12. The molecule has 0 saturated heterocycles. The first-order valence-electron chi connectivity index (χ1n) is 8.93. The number of amides is 1. The van der Waals surface area contributed by atoms with E-state index in [1.165, 1.54) is 16.4 Å². The molecule has 2 atom stereocenters.